The van der Waals surface area contributed by atoms with E-state index in [1.54, 1.807) is 36.4 Å². The molecule has 8 heteroatoms. The van der Waals surface area contributed by atoms with Crippen molar-refractivity contribution >= 4 is 52.2 Å². The van der Waals surface area contributed by atoms with Crippen LogP contribution >= 0.6 is 35.0 Å². The molecule has 33 heavy (non-hydrogen) atoms. The molecule has 1 aliphatic heterocycles. The van der Waals surface area contributed by atoms with Crippen LogP contribution in [0.3, 0.4) is 0 Å². The summed E-state index contributed by atoms with van der Waals surface area (Å²) in [4.78, 5) is 26.5. The maximum atomic E-state index is 12.7. The predicted molar refractivity (Wildman–Crippen MR) is 132 cm³/mol. The highest BCUT2D eigenvalue weighted by Crippen LogP contribution is 2.34. The standard InChI is InChI=1S/C25H19Cl2NO4S/c26-19-9-6-17(7-10-19)16-32-22-11-8-18(14-21(22)27)15-23-24(29)28(25(30)33-23)12-13-31-20-4-2-1-3-5-20/h1-11,14-15H,12-13,16H2/b23-15-. The number of amides is 2. The number of nitrogens with zero attached hydrogens (tertiary/aromatic N) is 1. The van der Waals surface area contributed by atoms with Crippen molar-refractivity contribution in [1.82, 2.24) is 4.90 Å². The molecule has 0 bridgehead atoms. The number of carbonyl (C=O) groups is 2. The number of rotatable bonds is 8. The van der Waals surface area contributed by atoms with E-state index in [2.05, 4.69) is 0 Å². The molecular formula is C25H19Cl2NO4S. The quantitative estimate of drug-likeness (QED) is 0.323. The predicted octanol–water partition coefficient (Wildman–Crippen LogP) is 6.69. The number of hydrogen-bond donors (Lipinski definition) is 0. The summed E-state index contributed by atoms with van der Waals surface area (Å²) in [5.74, 6) is 0.865. The number of halogens is 2. The minimum absolute atomic E-state index is 0.176. The first kappa shape index (κ1) is 23.2. The van der Waals surface area contributed by atoms with Crippen molar-refractivity contribution in [3.8, 4) is 11.5 Å². The maximum Gasteiger partial charge on any atom is 0.293 e. The van der Waals surface area contributed by atoms with Gasteiger partial charge in [-0.3, -0.25) is 14.5 Å². The van der Waals surface area contributed by atoms with Crippen LogP contribution in [0.15, 0.2) is 77.7 Å². The van der Waals surface area contributed by atoms with Gasteiger partial charge in [-0.2, -0.15) is 0 Å². The van der Waals surface area contributed by atoms with E-state index in [-0.39, 0.29) is 24.3 Å². The van der Waals surface area contributed by atoms with Crippen LogP contribution in [-0.4, -0.2) is 29.2 Å². The van der Waals surface area contributed by atoms with Crippen molar-refractivity contribution in [3.63, 3.8) is 0 Å². The average Bonchev–Trinajstić information content (AvgIpc) is 3.07. The first-order chi connectivity index (χ1) is 16.0. The van der Waals surface area contributed by atoms with Crippen molar-refractivity contribution < 1.29 is 19.1 Å². The molecule has 1 saturated heterocycles. The zero-order valence-electron chi connectivity index (χ0n) is 17.4. The first-order valence-electron chi connectivity index (χ1n) is 10.1. The van der Waals surface area contributed by atoms with Crippen LogP contribution in [0.2, 0.25) is 10.0 Å². The van der Waals surface area contributed by atoms with Crippen molar-refractivity contribution in [3.05, 3.63) is 98.9 Å². The zero-order chi connectivity index (χ0) is 23.2. The highest BCUT2D eigenvalue weighted by molar-refractivity contribution is 8.18. The van der Waals surface area contributed by atoms with Gasteiger partial charge < -0.3 is 9.47 Å². The zero-order valence-corrected chi connectivity index (χ0v) is 19.7. The highest BCUT2D eigenvalue weighted by Gasteiger charge is 2.34. The van der Waals surface area contributed by atoms with Gasteiger partial charge in [0, 0.05) is 5.02 Å². The Balaban J connectivity index is 1.36. The van der Waals surface area contributed by atoms with Gasteiger partial charge in [-0.25, -0.2) is 0 Å². The Morgan fingerprint density at radius 1 is 0.909 bits per heavy atom. The first-order valence-corrected chi connectivity index (χ1v) is 11.7. The Hall–Kier alpha value is -2.93. The number of hydrogen-bond acceptors (Lipinski definition) is 5. The lowest BCUT2D eigenvalue weighted by Gasteiger charge is -2.13. The molecule has 1 aliphatic rings. The summed E-state index contributed by atoms with van der Waals surface area (Å²) in [5.41, 5.74) is 1.66. The lowest BCUT2D eigenvalue weighted by molar-refractivity contribution is -0.123. The summed E-state index contributed by atoms with van der Waals surface area (Å²) in [5, 5.41) is 0.749. The van der Waals surface area contributed by atoms with Crippen molar-refractivity contribution in [2.75, 3.05) is 13.2 Å². The van der Waals surface area contributed by atoms with Crippen LogP contribution in [-0.2, 0) is 11.4 Å². The summed E-state index contributed by atoms with van der Waals surface area (Å²) in [6.07, 6.45) is 1.65. The molecule has 0 saturated carbocycles. The minimum Gasteiger partial charge on any atom is -0.492 e. The summed E-state index contributed by atoms with van der Waals surface area (Å²) in [7, 11) is 0. The normalized spacial score (nSPS) is 14.7. The van der Waals surface area contributed by atoms with Crippen LogP contribution < -0.4 is 9.47 Å². The van der Waals surface area contributed by atoms with Crippen molar-refractivity contribution in [2.24, 2.45) is 0 Å². The second-order valence-corrected chi connectivity index (χ2v) is 8.94. The molecule has 0 aliphatic carbocycles. The SMILES string of the molecule is O=C1S/C(=C\c2ccc(OCc3ccc(Cl)cc3)c(Cl)c2)C(=O)N1CCOc1ccccc1. The van der Waals surface area contributed by atoms with Gasteiger partial charge in [-0.1, -0.05) is 59.6 Å². The van der Waals surface area contributed by atoms with Crippen LogP contribution in [0.1, 0.15) is 11.1 Å². The maximum absolute atomic E-state index is 12.7. The topological polar surface area (TPSA) is 55.8 Å². The Bertz CT molecular complexity index is 1180. The Kier molecular flexibility index (Phi) is 7.60. The molecule has 0 spiro atoms. The molecule has 4 rings (SSSR count). The summed E-state index contributed by atoms with van der Waals surface area (Å²) < 4.78 is 11.4. The summed E-state index contributed by atoms with van der Waals surface area (Å²) in [6, 6.07) is 21.8. The monoisotopic (exact) mass is 499 g/mol. The second-order valence-electron chi connectivity index (χ2n) is 7.10. The Labute approximate surface area is 205 Å². The molecule has 1 heterocycles. The fraction of sp³-hybridized carbons (Fsp3) is 0.120. The fourth-order valence-corrected chi connectivity index (χ4v) is 4.32. The molecule has 0 N–H and O–H groups in total. The smallest absolute Gasteiger partial charge is 0.293 e. The van der Waals surface area contributed by atoms with E-state index in [4.69, 9.17) is 32.7 Å². The largest absolute Gasteiger partial charge is 0.492 e. The summed E-state index contributed by atoms with van der Waals surface area (Å²) in [6.45, 7) is 0.746. The number of carbonyl (C=O) groups excluding carboxylic acids is 2. The molecule has 2 amide bonds. The van der Waals surface area contributed by atoms with E-state index in [0.29, 0.717) is 38.6 Å². The lowest BCUT2D eigenvalue weighted by Crippen LogP contribution is -2.32. The lowest BCUT2D eigenvalue weighted by atomic mass is 10.2. The molecule has 5 nitrogen and oxygen atoms in total. The van der Waals surface area contributed by atoms with Gasteiger partial charge in [0.1, 0.15) is 24.7 Å². The van der Waals surface area contributed by atoms with E-state index in [1.165, 1.54) is 4.90 Å². The number of ether oxygens (including phenoxy) is 2. The van der Waals surface area contributed by atoms with Crippen molar-refractivity contribution in [2.45, 2.75) is 6.61 Å². The molecule has 1 fully saturated rings. The third-order valence-corrected chi connectivity index (χ3v) is 6.22. The van der Waals surface area contributed by atoms with Crippen molar-refractivity contribution in [1.29, 1.82) is 0 Å². The van der Waals surface area contributed by atoms with Gasteiger partial charge in [-0.05, 0) is 65.4 Å². The number of thioether (sulfide) groups is 1. The molecule has 0 unspecified atom stereocenters. The molecule has 0 atom stereocenters. The third kappa shape index (κ3) is 6.11. The van der Waals surface area contributed by atoms with Crippen LogP contribution in [0.25, 0.3) is 6.08 Å². The van der Waals surface area contributed by atoms with E-state index in [9.17, 15) is 9.59 Å². The Morgan fingerprint density at radius 2 is 1.67 bits per heavy atom. The average molecular weight is 500 g/mol. The molecule has 168 valence electrons. The van der Waals surface area contributed by atoms with E-state index in [0.717, 1.165) is 17.3 Å². The van der Waals surface area contributed by atoms with Gasteiger partial charge in [0.2, 0.25) is 0 Å². The van der Waals surface area contributed by atoms with E-state index in [1.807, 2.05) is 42.5 Å². The van der Waals surface area contributed by atoms with E-state index < -0.39 is 0 Å². The van der Waals surface area contributed by atoms with Gasteiger partial charge in [-0.15, -0.1) is 0 Å². The van der Waals surface area contributed by atoms with Gasteiger partial charge in [0.05, 0.1) is 16.5 Å². The minimum atomic E-state index is -0.346. The molecule has 3 aromatic carbocycles. The molecule has 3 aromatic rings. The Morgan fingerprint density at radius 3 is 2.39 bits per heavy atom. The number of imide groups is 1. The summed E-state index contributed by atoms with van der Waals surface area (Å²) >= 11 is 13.2. The molecular weight excluding hydrogens is 481 g/mol. The number of para-hydroxylation sites is 1. The highest BCUT2D eigenvalue weighted by atomic mass is 35.5. The number of benzene rings is 3. The second kappa shape index (κ2) is 10.8. The van der Waals surface area contributed by atoms with E-state index >= 15 is 0 Å². The molecule has 0 radical (unpaired) electrons. The van der Waals surface area contributed by atoms with Crippen LogP contribution in [0.5, 0.6) is 11.5 Å². The fourth-order valence-electron chi connectivity index (χ4n) is 3.08. The van der Waals surface area contributed by atoms with Crippen LogP contribution in [0, 0.1) is 0 Å². The van der Waals surface area contributed by atoms with Gasteiger partial charge >= 0.3 is 0 Å². The van der Waals surface area contributed by atoms with Gasteiger partial charge in [0.15, 0.2) is 0 Å². The molecule has 0 aromatic heterocycles. The van der Waals surface area contributed by atoms with Crippen LogP contribution in [0.4, 0.5) is 4.79 Å². The van der Waals surface area contributed by atoms with Gasteiger partial charge in [0.25, 0.3) is 11.1 Å². The third-order valence-electron chi connectivity index (χ3n) is 4.76.